The number of amides is 3. The molecule has 4 rings (SSSR count). The van der Waals surface area contributed by atoms with Crippen LogP contribution in [-0.2, 0) is 28.9 Å². The Bertz CT molecular complexity index is 1210. The number of alkyl halides is 3. The molecule has 2 heterocycles. The van der Waals surface area contributed by atoms with E-state index in [2.05, 4.69) is 10.6 Å². The molecule has 182 valence electrons. The minimum Gasteiger partial charge on any atom is -0.459 e. The summed E-state index contributed by atoms with van der Waals surface area (Å²) in [5, 5.41) is 5.49. The Hall–Kier alpha value is -4.08. The number of nitrogens with zero attached hydrogens (tertiary/aromatic N) is 1. The fraction of sp³-hybridized carbons (Fsp3) is 0.240. The molecule has 1 aromatic heterocycles. The highest BCUT2D eigenvalue weighted by molar-refractivity contribution is 6.02. The van der Waals surface area contributed by atoms with Gasteiger partial charge in [-0.2, -0.15) is 13.2 Å². The Labute approximate surface area is 198 Å². The van der Waals surface area contributed by atoms with Crippen molar-refractivity contribution < 1.29 is 32.0 Å². The van der Waals surface area contributed by atoms with Gasteiger partial charge in [-0.25, -0.2) is 0 Å². The molecule has 0 spiro atoms. The molecule has 3 aromatic rings. The summed E-state index contributed by atoms with van der Waals surface area (Å²) in [5.41, 5.74) is 0.934. The topological polar surface area (TPSA) is 91.7 Å². The number of benzene rings is 2. The van der Waals surface area contributed by atoms with Crippen LogP contribution >= 0.6 is 0 Å². The molecule has 1 fully saturated rings. The average molecular weight is 485 g/mol. The maximum atomic E-state index is 12.9. The third-order valence-corrected chi connectivity index (χ3v) is 5.64. The lowest BCUT2D eigenvalue weighted by molar-refractivity contribution is -0.137. The monoisotopic (exact) mass is 485 g/mol. The first-order chi connectivity index (χ1) is 16.7. The molecule has 1 unspecified atom stereocenters. The standard InChI is InChI=1S/C25H22F3N3O4/c26-25(27,28)19-4-1-3-17(11-19)14-31-15-18(12-22(31)32)23(33)29-13-16-6-8-20(9-7-16)30-24(34)21-5-2-10-35-21/h1-11,18H,12-15H2,(H,29,33)(H,30,34). The van der Waals surface area contributed by atoms with Crippen LogP contribution in [0.15, 0.2) is 71.3 Å². The van der Waals surface area contributed by atoms with Crippen molar-refractivity contribution in [2.75, 3.05) is 11.9 Å². The van der Waals surface area contributed by atoms with Crippen molar-refractivity contribution in [3.63, 3.8) is 0 Å². The van der Waals surface area contributed by atoms with Gasteiger partial charge in [-0.1, -0.05) is 24.3 Å². The van der Waals surface area contributed by atoms with Gasteiger partial charge in [-0.3, -0.25) is 14.4 Å². The predicted octanol–water partition coefficient (Wildman–Crippen LogP) is 4.22. The number of halogens is 3. The van der Waals surface area contributed by atoms with E-state index in [1.54, 1.807) is 36.4 Å². The number of furan rings is 1. The zero-order valence-electron chi connectivity index (χ0n) is 18.5. The number of anilines is 1. The lowest BCUT2D eigenvalue weighted by atomic mass is 10.1. The van der Waals surface area contributed by atoms with Crippen molar-refractivity contribution in [3.8, 4) is 0 Å². The molecule has 0 aliphatic carbocycles. The quantitative estimate of drug-likeness (QED) is 0.525. The second-order valence-electron chi connectivity index (χ2n) is 8.22. The molecule has 1 aliphatic heterocycles. The normalized spacial score (nSPS) is 15.8. The molecule has 2 aromatic carbocycles. The maximum absolute atomic E-state index is 12.9. The van der Waals surface area contributed by atoms with Crippen LogP contribution in [0.3, 0.4) is 0 Å². The van der Waals surface area contributed by atoms with Crippen molar-refractivity contribution in [1.29, 1.82) is 0 Å². The van der Waals surface area contributed by atoms with E-state index in [4.69, 9.17) is 4.42 Å². The van der Waals surface area contributed by atoms with Crippen LogP contribution in [0.5, 0.6) is 0 Å². The molecule has 2 N–H and O–H groups in total. The summed E-state index contributed by atoms with van der Waals surface area (Å²) in [6, 6.07) is 14.9. The van der Waals surface area contributed by atoms with E-state index in [0.29, 0.717) is 11.3 Å². The lowest BCUT2D eigenvalue weighted by Crippen LogP contribution is -2.32. The van der Waals surface area contributed by atoms with Gasteiger partial charge in [0.25, 0.3) is 5.91 Å². The Morgan fingerprint density at radius 2 is 1.80 bits per heavy atom. The fourth-order valence-corrected chi connectivity index (χ4v) is 3.81. The Morgan fingerprint density at radius 3 is 2.49 bits per heavy atom. The van der Waals surface area contributed by atoms with Crippen LogP contribution in [0.25, 0.3) is 0 Å². The first-order valence-electron chi connectivity index (χ1n) is 10.8. The van der Waals surface area contributed by atoms with E-state index < -0.39 is 17.7 Å². The number of hydrogen-bond donors (Lipinski definition) is 2. The fourth-order valence-electron chi connectivity index (χ4n) is 3.81. The smallest absolute Gasteiger partial charge is 0.416 e. The summed E-state index contributed by atoms with van der Waals surface area (Å²) in [6.07, 6.45) is -3.05. The van der Waals surface area contributed by atoms with Crippen LogP contribution in [-0.4, -0.2) is 29.2 Å². The van der Waals surface area contributed by atoms with Crippen LogP contribution in [0.1, 0.15) is 33.7 Å². The van der Waals surface area contributed by atoms with Gasteiger partial charge in [-0.05, 0) is 47.5 Å². The molecule has 1 aliphatic rings. The predicted molar refractivity (Wildman–Crippen MR) is 120 cm³/mol. The van der Waals surface area contributed by atoms with Crippen LogP contribution in [0.2, 0.25) is 0 Å². The first kappa shape index (κ1) is 24.1. The third kappa shape index (κ3) is 6.08. The second kappa shape index (κ2) is 10.0. The number of rotatable bonds is 7. The van der Waals surface area contributed by atoms with Crippen molar-refractivity contribution in [1.82, 2.24) is 10.2 Å². The highest BCUT2D eigenvalue weighted by Crippen LogP contribution is 2.30. The number of carbonyl (C=O) groups excluding carboxylic acids is 3. The van der Waals surface area contributed by atoms with Crippen molar-refractivity contribution in [2.45, 2.75) is 25.7 Å². The summed E-state index contributed by atoms with van der Waals surface area (Å²) >= 11 is 0. The van der Waals surface area contributed by atoms with E-state index in [0.717, 1.165) is 17.7 Å². The summed E-state index contributed by atoms with van der Waals surface area (Å²) in [4.78, 5) is 38.3. The molecule has 7 nitrogen and oxygen atoms in total. The van der Waals surface area contributed by atoms with E-state index in [1.807, 2.05) is 0 Å². The summed E-state index contributed by atoms with van der Waals surface area (Å²) < 4.78 is 43.8. The molecule has 3 amide bonds. The van der Waals surface area contributed by atoms with Crippen molar-refractivity contribution in [3.05, 3.63) is 89.4 Å². The summed E-state index contributed by atoms with van der Waals surface area (Å²) in [7, 11) is 0. The molecule has 1 saturated heterocycles. The highest BCUT2D eigenvalue weighted by Gasteiger charge is 2.35. The molecule has 0 radical (unpaired) electrons. The third-order valence-electron chi connectivity index (χ3n) is 5.64. The van der Waals surface area contributed by atoms with Crippen molar-refractivity contribution in [2.24, 2.45) is 5.92 Å². The highest BCUT2D eigenvalue weighted by atomic mass is 19.4. The van der Waals surface area contributed by atoms with Gasteiger partial charge >= 0.3 is 6.18 Å². The van der Waals surface area contributed by atoms with E-state index in [-0.39, 0.29) is 49.5 Å². The number of carbonyl (C=O) groups is 3. The Morgan fingerprint density at radius 1 is 1.03 bits per heavy atom. The molecule has 0 saturated carbocycles. The van der Waals surface area contributed by atoms with Gasteiger partial charge in [0.05, 0.1) is 17.7 Å². The second-order valence-corrected chi connectivity index (χ2v) is 8.22. The van der Waals surface area contributed by atoms with Gasteiger partial charge < -0.3 is 20.0 Å². The molecule has 1 atom stereocenters. The van der Waals surface area contributed by atoms with Gasteiger partial charge in [0, 0.05) is 31.7 Å². The number of hydrogen-bond acceptors (Lipinski definition) is 4. The molecular weight excluding hydrogens is 463 g/mol. The minimum atomic E-state index is -4.46. The molecular formula is C25H22F3N3O4. The van der Waals surface area contributed by atoms with Gasteiger partial charge in [-0.15, -0.1) is 0 Å². The van der Waals surface area contributed by atoms with E-state index >= 15 is 0 Å². The molecule has 0 bridgehead atoms. The Kier molecular flexibility index (Phi) is 6.90. The molecule has 35 heavy (non-hydrogen) atoms. The minimum absolute atomic E-state index is 0.00252. The SMILES string of the molecule is O=C(Nc1ccc(CNC(=O)C2CC(=O)N(Cc3cccc(C(F)(F)F)c3)C2)cc1)c1ccco1. The lowest BCUT2D eigenvalue weighted by Gasteiger charge is -2.18. The van der Waals surface area contributed by atoms with Gasteiger partial charge in [0.1, 0.15) is 0 Å². The average Bonchev–Trinajstić information content (AvgIpc) is 3.49. The van der Waals surface area contributed by atoms with Crippen LogP contribution < -0.4 is 10.6 Å². The van der Waals surface area contributed by atoms with Crippen LogP contribution in [0.4, 0.5) is 18.9 Å². The van der Waals surface area contributed by atoms with Crippen molar-refractivity contribution >= 4 is 23.4 Å². The molecule has 10 heteroatoms. The van der Waals surface area contributed by atoms with E-state index in [9.17, 15) is 27.6 Å². The first-order valence-corrected chi connectivity index (χ1v) is 10.8. The van der Waals surface area contributed by atoms with E-state index in [1.165, 1.54) is 23.3 Å². The number of likely N-dealkylation sites (tertiary alicyclic amines) is 1. The zero-order valence-corrected chi connectivity index (χ0v) is 18.5. The Balaban J connectivity index is 1.27. The summed E-state index contributed by atoms with van der Waals surface area (Å²) in [6.45, 7) is 0.375. The zero-order chi connectivity index (χ0) is 25.0. The largest absolute Gasteiger partial charge is 0.459 e. The number of nitrogens with one attached hydrogen (secondary N) is 2. The van der Waals surface area contributed by atoms with Gasteiger partial charge in [0.15, 0.2) is 5.76 Å². The van der Waals surface area contributed by atoms with Crippen LogP contribution in [0, 0.1) is 5.92 Å². The van der Waals surface area contributed by atoms with Gasteiger partial charge in [0.2, 0.25) is 11.8 Å². The summed E-state index contributed by atoms with van der Waals surface area (Å²) in [5.74, 6) is -1.36. The maximum Gasteiger partial charge on any atom is 0.416 e.